The van der Waals surface area contributed by atoms with E-state index in [1.165, 1.54) is 11.1 Å². The van der Waals surface area contributed by atoms with E-state index < -0.39 is 0 Å². The van der Waals surface area contributed by atoms with Crippen LogP contribution in [0.25, 0.3) is 0 Å². The van der Waals surface area contributed by atoms with E-state index in [9.17, 15) is 5.11 Å². The van der Waals surface area contributed by atoms with Crippen molar-refractivity contribution in [3.63, 3.8) is 0 Å². The molecule has 1 aliphatic carbocycles. The lowest BCUT2D eigenvalue weighted by Gasteiger charge is -2.32. The molecule has 0 fully saturated rings. The second-order valence-electron chi connectivity index (χ2n) is 5.89. The smallest absolute Gasteiger partial charge is 0.124 e. The lowest BCUT2D eigenvalue weighted by atomic mass is 9.77. The monoisotopic (exact) mass is 278 g/mol. The van der Waals surface area contributed by atoms with Crippen molar-refractivity contribution in [2.75, 3.05) is 7.11 Å². The Morgan fingerprint density at radius 3 is 2.50 bits per heavy atom. The second-order valence-corrected chi connectivity index (χ2v) is 5.89. The van der Waals surface area contributed by atoms with Gasteiger partial charge in [0, 0.05) is 11.5 Å². The minimum atomic E-state index is 0.189. The standard InChI is InChI=1S/C18H30O2/c1-7-9-12(3)10-11-16-17(19)13(4)15(8-2)14(5)18(16)20-6/h10,13,15,19H,7-9,11H2,1-6H3/b12-10+. The Hall–Kier alpha value is -1.18. The van der Waals surface area contributed by atoms with E-state index in [-0.39, 0.29) is 5.92 Å². The Bertz CT molecular complexity index is 427. The van der Waals surface area contributed by atoms with Gasteiger partial charge in [-0.2, -0.15) is 0 Å². The maximum absolute atomic E-state index is 10.5. The van der Waals surface area contributed by atoms with Gasteiger partial charge < -0.3 is 9.84 Å². The van der Waals surface area contributed by atoms with Gasteiger partial charge in [-0.15, -0.1) is 0 Å². The minimum Gasteiger partial charge on any atom is -0.512 e. The molecule has 2 unspecified atom stereocenters. The summed E-state index contributed by atoms with van der Waals surface area (Å²) in [5, 5.41) is 10.5. The largest absolute Gasteiger partial charge is 0.512 e. The first kappa shape index (κ1) is 16.9. The molecule has 0 aromatic rings. The predicted molar refractivity (Wildman–Crippen MR) is 85.6 cm³/mol. The van der Waals surface area contributed by atoms with Crippen LogP contribution in [0.4, 0.5) is 0 Å². The third kappa shape index (κ3) is 3.47. The van der Waals surface area contributed by atoms with Crippen molar-refractivity contribution < 1.29 is 9.84 Å². The number of ether oxygens (including phenoxy) is 1. The van der Waals surface area contributed by atoms with Crippen LogP contribution >= 0.6 is 0 Å². The lowest BCUT2D eigenvalue weighted by molar-refractivity contribution is 0.231. The Balaban J connectivity index is 3.09. The molecule has 0 radical (unpaired) electrons. The Kier molecular flexibility index (Phi) is 6.38. The summed E-state index contributed by atoms with van der Waals surface area (Å²) >= 11 is 0. The number of methoxy groups -OCH3 is 1. The highest BCUT2D eigenvalue weighted by Gasteiger charge is 2.32. The Morgan fingerprint density at radius 2 is 2.00 bits per heavy atom. The molecule has 0 aromatic heterocycles. The Morgan fingerprint density at radius 1 is 1.35 bits per heavy atom. The van der Waals surface area contributed by atoms with Crippen molar-refractivity contribution in [2.24, 2.45) is 11.8 Å². The van der Waals surface area contributed by atoms with Gasteiger partial charge in [0.1, 0.15) is 11.5 Å². The molecule has 1 rings (SSSR count). The van der Waals surface area contributed by atoms with E-state index in [1.54, 1.807) is 7.11 Å². The highest BCUT2D eigenvalue weighted by molar-refractivity contribution is 5.40. The van der Waals surface area contributed by atoms with Crippen LogP contribution in [0, 0.1) is 11.8 Å². The number of rotatable bonds is 6. The zero-order valence-corrected chi connectivity index (χ0v) is 13.9. The average Bonchev–Trinajstić information content (AvgIpc) is 2.42. The van der Waals surface area contributed by atoms with Crippen LogP contribution in [0.3, 0.4) is 0 Å². The van der Waals surface area contributed by atoms with Crippen LogP contribution < -0.4 is 0 Å². The molecule has 1 N–H and O–H groups in total. The third-order valence-corrected chi connectivity index (χ3v) is 4.48. The van der Waals surface area contributed by atoms with Crippen molar-refractivity contribution in [1.82, 2.24) is 0 Å². The molecular formula is C18H30O2. The van der Waals surface area contributed by atoms with Crippen LogP contribution in [0.2, 0.25) is 0 Å². The highest BCUT2D eigenvalue weighted by Crippen LogP contribution is 2.40. The first-order valence-electron chi connectivity index (χ1n) is 7.80. The predicted octanol–water partition coefficient (Wildman–Crippen LogP) is 5.53. The van der Waals surface area contributed by atoms with E-state index in [0.29, 0.717) is 11.7 Å². The normalized spacial score (nSPS) is 24.4. The molecule has 0 bridgehead atoms. The van der Waals surface area contributed by atoms with Crippen molar-refractivity contribution in [2.45, 2.75) is 60.3 Å². The first-order valence-corrected chi connectivity index (χ1v) is 7.80. The zero-order chi connectivity index (χ0) is 15.3. The molecule has 0 aliphatic heterocycles. The fourth-order valence-electron chi connectivity index (χ4n) is 3.28. The summed E-state index contributed by atoms with van der Waals surface area (Å²) in [5.41, 5.74) is 3.63. The lowest BCUT2D eigenvalue weighted by Crippen LogP contribution is -2.23. The van der Waals surface area contributed by atoms with Gasteiger partial charge in [-0.1, -0.05) is 38.8 Å². The molecule has 1 aliphatic rings. The maximum atomic E-state index is 10.5. The van der Waals surface area contributed by atoms with Gasteiger partial charge in [0.2, 0.25) is 0 Å². The van der Waals surface area contributed by atoms with E-state index in [0.717, 1.165) is 37.0 Å². The molecule has 2 nitrogen and oxygen atoms in total. The number of hydrogen-bond donors (Lipinski definition) is 1. The number of allylic oxidation sites excluding steroid dienone is 5. The van der Waals surface area contributed by atoms with Crippen LogP contribution in [-0.4, -0.2) is 12.2 Å². The van der Waals surface area contributed by atoms with Gasteiger partial charge in [-0.05, 0) is 44.6 Å². The second kappa shape index (κ2) is 7.56. The topological polar surface area (TPSA) is 29.5 Å². The number of aliphatic hydroxyl groups is 1. The van der Waals surface area contributed by atoms with E-state index in [1.807, 2.05) is 0 Å². The van der Waals surface area contributed by atoms with E-state index >= 15 is 0 Å². The van der Waals surface area contributed by atoms with Crippen molar-refractivity contribution in [3.8, 4) is 0 Å². The summed E-state index contributed by atoms with van der Waals surface area (Å²) in [4.78, 5) is 0. The molecular weight excluding hydrogens is 248 g/mol. The van der Waals surface area contributed by atoms with Crippen LogP contribution in [-0.2, 0) is 4.74 Å². The summed E-state index contributed by atoms with van der Waals surface area (Å²) < 4.78 is 5.59. The molecule has 2 atom stereocenters. The molecule has 0 aromatic carbocycles. The van der Waals surface area contributed by atoms with Crippen LogP contribution in [0.5, 0.6) is 0 Å². The molecule has 0 heterocycles. The molecule has 0 saturated heterocycles. The van der Waals surface area contributed by atoms with Gasteiger partial charge in [0.05, 0.1) is 7.11 Å². The van der Waals surface area contributed by atoms with Crippen LogP contribution in [0.1, 0.15) is 60.3 Å². The summed E-state index contributed by atoms with van der Waals surface area (Å²) in [7, 11) is 1.71. The summed E-state index contributed by atoms with van der Waals surface area (Å²) in [5.74, 6) is 1.98. The number of aliphatic hydroxyl groups excluding tert-OH is 1. The maximum Gasteiger partial charge on any atom is 0.124 e. The van der Waals surface area contributed by atoms with Crippen LogP contribution in [0.15, 0.2) is 34.3 Å². The fraction of sp³-hybridized carbons (Fsp3) is 0.667. The van der Waals surface area contributed by atoms with Crippen molar-refractivity contribution >= 4 is 0 Å². The molecule has 114 valence electrons. The Labute approximate surface area is 124 Å². The summed E-state index contributed by atoms with van der Waals surface area (Å²) in [6, 6.07) is 0. The molecule has 20 heavy (non-hydrogen) atoms. The number of hydrogen-bond acceptors (Lipinski definition) is 2. The van der Waals surface area contributed by atoms with E-state index in [2.05, 4.69) is 40.7 Å². The molecule has 2 heteroatoms. The average molecular weight is 278 g/mol. The van der Waals surface area contributed by atoms with Gasteiger partial charge >= 0.3 is 0 Å². The quantitative estimate of drug-likeness (QED) is 0.647. The van der Waals surface area contributed by atoms with Gasteiger partial charge in [0.25, 0.3) is 0 Å². The van der Waals surface area contributed by atoms with Gasteiger partial charge in [-0.3, -0.25) is 0 Å². The van der Waals surface area contributed by atoms with Crippen molar-refractivity contribution in [1.29, 1.82) is 0 Å². The van der Waals surface area contributed by atoms with Crippen molar-refractivity contribution in [3.05, 3.63) is 34.3 Å². The third-order valence-electron chi connectivity index (χ3n) is 4.48. The molecule has 0 saturated carbocycles. The molecule has 0 amide bonds. The zero-order valence-electron chi connectivity index (χ0n) is 13.9. The first-order chi connectivity index (χ1) is 9.47. The van der Waals surface area contributed by atoms with Gasteiger partial charge in [-0.25, -0.2) is 0 Å². The summed E-state index contributed by atoms with van der Waals surface area (Å²) in [6.07, 6.45) is 6.29. The molecule has 0 spiro atoms. The SMILES string of the molecule is CCC/C(C)=C/CC1=C(O)C(C)C(CC)C(C)=C1OC. The summed E-state index contributed by atoms with van der Waals surface area (Å²) in [6.45, 7) is 10.8. The fourth-order valence-corrected chi connectivity index (χ4v) is 3.28. The van der Waals surface area contributed by atoms with Gasteiger partial charge in [0.15, 0.2) is 0 Å². The van der Waals surface area contributed by atoms with E-state index in [4.69, 9.17) is 4.74 Å². The highest BCUT2D eigenvalue weighted by atomic mass is 16.5. The minimum absolute atomic E-state index is 0.189.